The van der Waals surface area contributed by atoms with Crippen molar-refractivity contribution in [1.82, 2.24) is 5.01 Å². The van der Waals surface area contributed by atoms with Crippen LogP contribution in [-0.2, 0) is 4.79 Å². The second kappa shape index (κ2) is 7.47. The van der Waals surface area contributed by atoms with Crippen LogP contribution in [0.25, 0.3) is 0 Å². The van der Waals surface area contributed by atoms with Crippen LogP contribution in [-0.4, -0.2) is 36.0 Å². The fourth-order valence-corrected chi connectivity index (χ4v) is 3.06. The summed E-state index contributed by atoms with van der Waals surface area (Å²) >= 11 is 0. The Morgan fingerprint density at radius 3 is 2.42 bits per heavy atom. The van der Waals surface area contributed by atoms with E-state index in [9.17, 15) is 9.90 Å². The number of methoxy groups -OCH3 is 2. The predicted molar refractivity (Wildman–Crippen MR) is 98.7 cm³/mol. The summed E-state index contributed by atoms with van der Waals surface area (Å²) in [7, 11) is 3.18. The number of aromatic hydroxyl groups is 1. The summed E-state index contributed by atoms with van der Waals surface area (Å²) in [5.41, 5.74) is 2.26. The highest BCUT2D eigenvalue weighted by Crippen LogP contribution is 2.38. The van der Waals surface area contributed by atoms with Crippen molar-refractivity contribution < 1.29 is 19.4 Å². The number of hydrogen-bond acceptors (Lipinski definition) is 5. The average Bonchev–Trinajstić information content (AvgIpc) is 3.12. The van der Waals surface area contributed by atoms with Crippen LogP contribution in [0, 0.1) is 0 Å². The number of benzene rings is 2. The topological polar surface area (TPSA) is 71.4 Å². The third kappa shape index (κ3) is 3.35. The Labute approximate surface area is 152 Å². The van der Waals surface area contributed by atoms with Crippen molar-refractivity contribution in [2.45, 2.75) is 25.8 Å². The first-order valence-corrected chi connectivity index (χ1v) is 8.48. The lowest BCUT2D eigenvalue weighted by Crippen LogP contribution is -2.26. The van der Waals surface area contributed by atoms with E-state index in [4.69, 9.17) is 9.47 Å². The van der Waals surface area contributed by atoms with E-state index in [0.717, 1.165) is 11.3 Å². The molecule has 1 amide bonds. The second-order valence-corrected chi connectivity index (χ2v) is 6.02. The average molecular weight is 354 g/mol. The zero-order valence-corrected chi connectivity index (χ0v) is 15.1. The first-order chi connectivity index (χ1) is 12.6. The molecule has 1 aliphatic rings. The highest BCUT2D eigenvalue weighted by molar-refractivity contribution is 6.03. The fourth-order valence-electron chi connectivity index (χ4n) is 3.06. The molecule has 26 heavy (non-hydrogen) atoms. The maximum Gasteiger partial charge on any atom is 0.242 e. The minimum atomic E-state index is -0.337. The Hall–Kier alpha value is -3.02. The van der Waals surface area contributed by atoms with E-state index in [2.05, 4.69) is 5.10 Å². The number of hydrogen-bond donors (Lipinski definition) is 1. The van der Waals surface area contributed by atoms with Gasteiger partial charge in [0.15, 0.2) is 0 Å². The number of phenolic OH excluding ortho intramolecular Hbond substituents is 1. The maximum atomic E-state index is 12.4. The summed E-state index contributed by atoms with van der Waals surface area (Å²) in [6, 6.07) is 12.2. The SMILES string of the molecule is CCC(=O)N1N=C(c2cc(OC)cc(OC)c2)C[C@@H]1c1ccccc1O. The molecule has 1 N–H and O–H groups in total. The van der Waals surface area contributed by atoms with Gasteiger partial charge in [-0.3, -0.25) is 4.79 Å². The molecule has 0 aliphatic carbocycles. The van der Waals surface area contributed by atoms with Gasteiger partial charge < -0.3 is 14.6 Å². The number of carbonyl (C=O) groups excluding carboxylic acids is 1. The molecule has 1 heterocycles. The predicted octanol–water partition coefficient (Wildman–Crippen LogP) is 3.50. The molecule has 0 unspecified atom stereocenters. The van der Waals surface area contributed by atoms with Crippen molar-refractivity contribution in [3.63, 3.8) is 0 Å². The molecular formula is C20H22N2O4. The standard InChI is InChI=1S/C20H22N2O4/c1-4-20(24)22-18(16-7-5-6-8-19(16)23)12-17(21-22)13-9-14(25-2)11-15(10-13)26-3/h5-11,18,23H,4,12H2,1-3H3/t18-/m1/s1. The summed E-state index contributed by atoms with van der Waals surface area (Å²) in [6.45, 7) is 1.80. The molecular weight excluding hydrogens is 332 g/mol. The van der Waals surface area contributed by atoms with Gasteiger partial charge in [0.25, 0.3) is 0 Å². The molecule has 0 saturated heterocycles. The highest BCUT2D eigenvalue weighted by Gasteiger charge is 2.34. The van der Waals surface area contributed by atoms with Gasteiger partial charge >= 0.3 is 0 Å². The van der Waals surface area contributed by atoms with Gasteiger partial charge in [-0.25, -0.2) is 5.01 Å². The number of para-hydroxylation sites is 1. The molecule has 0 radical (unpaired) electrons. The third-order valence-corrected chi connectivity index (χ3v) is 4.45. The first-order valence-electron chi connectivity index (χ1n) is 8.48. The van der Waals surface area contributed by atoms with E-state index in [1.54, 1.807) is 39.3 Å². The van der Waals surface area contributed by atoms with Crippen LogP contribution < -0.4 is 9.47 Å². The van der Waals surface area contributed by atoms with E-state index in [-0.39, 0.29) is 17.7 Å². The van der Waals surface area contributed by atoms with Gasteiger partial charge in [-0.2, -0.15) is 5.10 Å². The van der Waals surface area contributed by atoms with Crippen LogP contribution in [0.5, 0.6) is 17.2 Å². The van der Waals surface area contributed by atoms with Gasteiger partial charge in [-0.1, -0.05) is 25.1 Å². The number of rotatable bonds is 5. The Kier molecular flexibility index (Phi) is 5.11. The van der Waals surface area contributed by atoms with E-state index in [1.807, 2.05) is 24.3 Å². The molecule has 136 valence electrons. The summed E-state index contributed by atoms with van der Waals surface area (Å²) in [4.78, 5) is 12.4. The van der Waals surface area contributed by atoms with Crippen LogP contribution in [0.2, 0.25) is 0 Å². The smallest absolute Gasteiger partial charge is 0.242 e. The Morgan fingerprint density at radius 2 is 1.85 bits per heavy atom. The Bertz CT molecular complexity index is 825. The minimum absolute atomic E-state index is 0.0943. The van der Waals surface area contributed by atoms with E-state index >= 15 is 0 Å². The summed E-state index contributed by atoms with van der Waals surface area (Å²) in [5.74, 6) is 1.37. The van der Waals surface area contributed by atoms with Crippen LogP contribution >= 0.6 is 0 Å². The molecule has 0 bridgehead atoms. The number of carbonyl (C=O) groups is 1. The molecule has 2 aromatic carbocycles. The van der Waals surface area contributed by atoms with Crippen molar-refractivity contribution >= 4 is 11.6 Å². The van der Waals surface area contributed by atoms with Gasteiger partial charge in [-0.05, 0) is 18.2 Å². The van der Waals surface area contributed by atoms with Crippen molar-refractivity contribution in [2.75, 3.05) is 14.2 Å². The second-order valence-electron chi connectivity index (χ2n) is 6.02. The number of amides is 1. The number of hydrazone groups is 1. The van der Waals surface area contributed by atoms with Crippen molar-refractivity contribution in [1.29, 1.82) is 0 Å². The van der Waals surface area contributed by atoms with E-state index in [0.29, 0.717) is 29.9 Å². The van der Waals surface area contributed by atoms with Gasteiger partial charge in [-0.15, -0.1) is 0 Å². The van der Waals surface area contributed by atoms with Crippen molar-refractivity contribution in [2.24, 2.45) is 5.10 Å². The quantitative estimate of drug-likeness (QED) is 0.892. The molecule has 1 aliphatic heterocycles. The van der Waals surface area contributed by atoms with Crippen LogP contribution in [0.3, 0.4) is 0 Å². The van der Waals surface area contributed by atoms with E-state index < -0.39 is 0 Å². The van der Waals surface area contributed by atoms with Gasteiger partial charge in [0, 0.05) is 30.0 Å². The number of phenols is 1. The Morgan fingerprint density at radius 1 is 1.19 bits per heavy atom. The third-order valence-electron chi connectivity index (χ3n) is 4.45. The lowest BCUT2D eigenvalue weighted by Gasteiger charge is -2.22. The number of ether oxygens (including phenoxy) is 2. The van der Waals surface area contributed by atoms with E-state index in [1.165, 1.54) is 5.01 Å². The lowest BCUT2D eigenvalue weighted by atomic mass is 9.97. The highest BCUT2D eigenvalue weighted by atomic mass is 16.5. The van der Waals surface area contributed by atoms with Crippen molar-refractivity contribution in [3.8, 4) is 17.2 Å². The molecule has 3 rings (SSSR count). The molecule has 0 saturated carbocycles. The normalized spacial score (nSPS) is 16.3. The molecule has 6 heteroatoms. The van der Waals surface area contributed by atoms with Crippen LogP contribution in [0.1, 0.15) is 36.9 Å². The first kappa shape index (κ1) is 17.8. The van der Waals surface area contributed by atoms with Crippen LogP contribution in [0.15, 0.2) is 47.6 Å². The fraction of sp³-hybridized carbons (Fsp3) is 0.300. The molecule has 0 aromatic heterocycles. The summed E-state index contributed by atoms with van der Waals surface area (Å²) in [5, 5.41) is 16.3. The monoisotopic (exact) mass is 354 g/mol. The lowest BCUT2D eigenvalue weighted by molar-refractivity contribution is -0.132. The van der Waals surface area contributed by atoms with Gasteiger partial charge in [0.1, 0.15) is 17.2 Å². The molecule has 2 aromatic rings. The zero-order chi connectivity index (χ0) is 18.7. The van der Waals surface area contributed by atoms with Crippen LogP contribution in [0.4, 0.5) is 0 Å². The van der Waals surface area contributed by atoms with Gasteiger partial charge in [0.05, 0.1) is 26.0 Å². The van der Waals surface area contributed by atoms with Crippen molar-refractivity contribution in [3.05, 3.63) is 53.6 Å². The van der Waals surface area contributed by atoms with Gasteiger partial charge in [0.2, 0.25) is 5.91 Å². The minimum Gasteiger partial charge on any atom is -0.508 e. The summed E-state index contributed by atoms with van der Waals surface area (Å²) < 4.78 is 10.7. The molecule has 1 atom stereocenters. The summed E-state index contributed by atoms with van der Waals surface area (Å²) in [6.07, 6.45) is 0.835. The number of nitrogens with zero attached hydrogens (tertiary/aromatic N) is 2. The largest absolute Gasteiger partial charge is 0.508 e. The zero-order valence-electron chi connectivity index (χ0n) is 15.1. The molecule has 0 fully saturated rings. The maximum absolute atomic E-state index is 12.4. The molecule has 6 nitrogen and oxygen atoms in total. The Balaban J connectivity index is 2.02. The molecule has 0 spiro atoms.